The fraction of sp³-hybridized carbons (Fsp3) is 0.100. The van der Waals surface area contributed by atoms with Crippen LogP contribution in [0.5, 0.6) is 5.75 Å². The Morgan fingerprint density at radius 2 is 1.89 bits per heavy atom. The molecule has 1 rings (SSSR count). The number of ether oxygens (including phenoxy) is 1. The molecule has 0 aromatic heterocycles. The lowest BCUT2D eigenvalue weighted by atomic mass is 10.2. The lowest BCUT2D eigenvalue weighted by Crippen LogP contribution is -2.27. The first kappa shape index (κ1) is 13.2. The van der Waals surface area contributed by atoms with E-state index in [-0.39, 0.29) is 11.4 Å². The number of carbonyl (C=O) groups is 2. The summed E-state index contributed by atoms with van der Waals surface area (Å²) >= 11 is 0. The fourth-order valence-corrected chi connectivity index (χ4v) is 1.05. The van der Waals surface area contributed by atoms with Crippen molar-refractivity contribution < 1.29 is 24.0 Å². The fourth-order valence-electron chi connectivity index (χ4n) is 1.05. The predicted molar refractivity (Wildman–Crippen MR) is 58.0 cm³/mol. The van der Waals surface area contributed by atoms with Crippen molar-refractivity contribution in [1.29, 1.82) is 0 Å². The van der Waals surface area contributed by atoms with Crippen molar-refractivity contribution in [2.24, 2.45) is 0 Å². The van der Waals surface area contributed by atoms with Crippen LogP contribution in [0.25, 0.3) is 5.53 Å². The van der Waals surface area contributed by atoms with Crippen LogP contribution < -0.4 is 4.74 Å². The number of nitro benzene ring substituents is 1. The van der Waals surface area contributed by atoms with Gasteiger partial charge in [0.1, 0.15) is 5.75 Å². The summed E-state index contributed by atoms with van der Waals surface area (Å²) in [6, 6.07) is 4.63. The molecule has 0 aliphatic heterocycles. The summed E-state index contributed by atoms with van der Waals surface area (Å²) in [6.07, 6.45) is 0. The van der Waals surface area contributed by atoms with Crippen molar-refractivity contribution in [2.45, 2.75) is 6.92 Å². The van der Waals surface area contributed by atoms with Gasteiger partial charge in [0.05, 0.1) is 4.92 Å². The highest BCUT2D eigenvalue weighted by molar-refractivity contribution is 6.62. The molecular formula is C10H7N3O5. The second kappa shape index (κ2) is 5.46. The van der Waals surface area contributed by atoms with Crippen LogP contribution in [0.3, 0.4) is 0 Å². The molecule has 92 valence electrons. The van der Waals surface area contributed by atoms with Crippen molar-refractivity contribution in [2.75, 3.05) is 0 Å². The first-order valence-corrected chi connectivity index (χ1v) is 4.65. The molecule has 0 spiro atoms. The van der Waals surface area contributed by atoms with Crippen LogP contribution in [-0.4, -0.2) is 27.2 Å². The number of hydrogen-bond donors (Lipinski definition) is 0. The number of ketones is 1. The van der Waals surface area contributed by atoms with Gasteiger partial charge in [-0.15, -0.1) is 0 Å². The monoisotopic (exact) mass is 249 g/mol. The SMILES string of the molecule is CC(=O)C(=[N+]=[N-])C(=O)Oc1ccc([N+](=O)[O-])cc1. The zero-order valence-electron chi connectivity index (χ0n) is 9.19. The summed E-state index contributed by atoms with van der Waals surface area (Å²) in [6.45, 7) is 1.03. The molecule has 0 N–H and O–H groups in total. The molecule has 18 heavy (non-hydrogen) atoms. The maximum absolute atomic E-state index is 11.3. The van der Waals surface area contributed by atoms with Gasteiger partial charge >= 0.3 is 11.7 Å². The first-order chi connectivity index (χ1) is 8.45. The minimum absolute atomic E-state index is 0.00648. The van der Waals surface area contributed by atoms with E-state index in [1.165, 1.54) is 12.1 Å². The third-order valence-electron chi connectivity index (χ3n) is 1.88. The van der Waals surface area contributed by atoms with E-state index in [4.69, 9.17) is 10.3 Å². The molecule has 8 heteroatoms. The van der Waals surface area contributed by atoms with E-state index in [1.54, 1.807) is 0 Å². The third kappa shape index (κ3) is 3.06. The Bertz CT molecular complexity index is 557. The van der Waals surface area contributed by atoms with Crippen LogP contribution in [0, 0.1) is 10.1 Å². The van der Waals surface area contributed by atoms with E-state index in [9.17, 15) is 19.7 Å². The standard InChI is InChI=1S/C10H7N3O5/c1-6(14)9(12-11)10(15)18-8-4-2-7(3-5-8)13(16)17/h2-5H,1H3. The largest absolute Gasteiger partial charge is 0.441 e. The number of nitrogens with zero attached hydrogens (tertiary/aromatic N) is 3. The molecule has 0 unspecified atom stereocenters. The van der Waals surface area contributed by atoms with Crippen LogP contribution in [0.1, 0.15) is 6.92 Å². The average molecular weight is 249 g/mol. The number of hydrogen-bond acceptors (Lipinski definition) is 5. The molecule has 0 saturated carbocycles. The number of nitro groups is 1. The average Bonchev–Trinajstić information content (AvgIpc) is 2.29. The molecule has 0 radical (unpaired) electrons. The quantitative estimate of drug-likeness (QED) is 0.114. The van der Waals surface area contributed by atoms with Gasteiger partial charge in [0, 0.05) is 19.1 Å². The number of carbonyl (C=O) groups excluding carboxylic acids is 2. The van der Waals surface area contributed by atoms with Gasteiger partial charge in [-0.3, -0.25) is 14.9 Å². The number of esters is 1. The maximum Gasteiger partial charge on any atom is 0.441 e. The Morgan fingerprint density at radius 1 is 1.33 bits per heavy atom. The summed E-state index contributed by atoms with van der Waals surface area (Å²) in [7, 11) is 0. The maximum atomic E-state index is 11.3. The van der Waals surface area contributed by atoms with Crippen molar-refractivity contribution in [3.63, 3.8) is 0 Å². The molecule has 1 aromatic carbocycles. The highest BCUT2D eigenvalue weighted by Crippen LogP contribution is 2.17. The molecule has 1 aromatic rings. The second-order valence-electron chi connectivity index (χ2n) is 3.15. The van der Waals surface area contributed by atoms with Gasteiger partial charge in [-0.1, -0.05) is 0 Å². The van der Waals surface area contributed by atoms with Gasteiger partial charge < -0.3 is 10.3 Å². The first-order valence-electron chi connectivity index (χ1n) is 4.65. The molecular weight excluding hydrogens is 242 g/mol. The van der Waals surface area contributed by atoms with E-state index in [2.05, 4.69) is 4.79 Å². The van der Waals surface area contributed by atoms with Crippen molar-refractivity contribution in [1.82, 2.24) is 0 Å². The van der Waals surface area contributed by atoms with E-state index >= 15 is 0 Å². The summed E-state index contributed by atoms with van der Waals surface area (Å²) in [5.74, 6) is -1.91. The minimum atomic E-state index is -1.14. The minimum Gasteiger partial charge on any atom is -0.418 e. The molecule has 0 fully saturated rings. The Morgan fingerprint density at radius 3 is 2.28 bits per heavy atom. The highest BCUT2D eigenvalue weighted by Gasteiger charge is 2.28. The molecule has 8 nitrogen and oxygen atoms in total. The summed E-state index contributed by atoms with van der Waals surface area (Å²) in [4.78, 5) is 34.5. The van der Waals surface area contributed by atoms with Crippen LogP contribution in [0.2, 0.25) is 0 Å². The predicted octanol–water partition coefficient (Wildman–Crippen LogP) is 0.760. The smallest absolute Gasteiger partial charge is 0.418 e. The Balaban J connectivity index is 2.86. The highest BCUT2D eigenvalue weighted by atomic mass is 16.6. The lowest BCUT2D eigenvalue weighted by Gasteiger charge is -1.99. The van der Waals surface area contributed by atoms with Gasteiger partial charge in [-0.05, 0) is 12.1 Å². The number of rotatable bonds is 4. The van der Waals surface area contributed by atoms with Crippen molar-refractivity contribution in [3.8, 4) is 5.75 Å². The van der Waals surface area contributed by atoms with E-state index < -0.39 is 22.4 Å². The summed E-state index contributed by atoms with van der Waals surface area (Å²) < 4.78 is 4.69. The number of non-ortho nitro benzene ring substituents is 1. The molecule has 0 atom stereocenters. The van der Waals surface area contributed by atoms with Crippen LogP contribution in [-0.2, 0) is 9.59 Å². The summed E-state index contributed by atoms with van der Waals surface area (Å²) in [5.41, 5.74) is 7.51. The molecule has 0 amide bonds. The van der Waals surface area contributed by atoms with E-state index in [0.717, 1.165) is 19.1 Å². The molecule has 0 bridgehead atoms. The Kier molecular flexibility index (Phi) is 4.01. The number of benzene rings is 1. The van der Waals surface area contributed by atoms with E-state index in [1.807, 2.05) is 0 Å². The van der Waals surface area contributed by atoms with Gasteiger partial charge in [0.2, 0.25) is 5.78 Å². The molecule has 0 aliphatic rings. The summed E-state index contributed by atoms with van der Waals surface area (Å²) in [5, 5.41) is 10.4. The number of Topliss-reactive ketones (excluding diaryl/α,β-unsaturated/α-hetero) is 1. The zero-order chi connectivity index (χ0) is 13.7. The molecule has 0 saturated heterocycles. The third-order valence-corrected chi connectivity index (χ3v) is 1.88. The lowest BCUT2D eigenvalue weighted by molar-refractivity contribution is -0.384. The second-order valence-corrected chi connectivity index (χ2v) is 3.15. The van der Waals surface area contributed by atoms with Crippen molar-refractivity contribution in [3.05, 3.63) is 39.9 Å². The van der Waals surface area contributed by atoms with Crippen LogP contribution in [0.15, 0.2) is 24.3 Å². The van der Waals surface area contributed by atoms with Crippen LogP contribution >= 0.6 is 0 Å². The van der Waals surface area contributed by atoms with Gasteiger partial charge in [0.25, 0.3) is 5.69 Å². The topological polar surface area (TPSA) is 123 Å². The van der Waals surface area contributed by atoms with Gasteiger partial charge in [0.15, 0.2) is 0 Å². The molecule has 0 aliphatic carbocycles. The Labute approximate surface area is 101 Å². The van der Waals surface area contributed by atoms with E-state index in [0.29, 0.717) is 0 Å². The van der Waals surface area contributed by atoms with Gasteiger partial charge in [-0.2, -0.15) is 4.79 Å². The zero-order valence-corrected chi connectivity index (χ0v) is 9.19. The van der Waals surface area contributed by atoms with Gasteiger partial charge in [-0.25, -0.2) is 4.79 Å². The Hall–Kier alpha value is -2.86. The molecule has 0 heterocycles. The van der Waals surface area contributed by atoms with Crippen LogP contribution in [0.4, 0.5) is 5.69 Å². The normalized spacial score (nSPS) is 9.17. The van der Waals surface area contributed by atoms with Crippen molar-refractivity contribution >= 4 is 23.2 Å².